The molecular formula is C19H22O2P+. The van der Waals surface area contributed by atoms with Crippen LogP contribution in [0.25, 0.3) is 0 Å². The molecule has 0 N–H and O–H groups in total. The Morgan fingerprint density at radius 1 is 1.00 bits per heavy atom. The topological polar surface area (TPSA) is 34.1 Å². The highest BCUT2D eigenvalue weighted by Gasteiger charge is 2.29. The molecule has 0 saturated carbocycles. The van der Waals surface area contributed by atoms with Crippen molar-refractivity contribution in [3.05, 3.63) is 64.7 Å². The third-order valence-corrected chi connectivity index (χ3v) is 5.65. The van der Waals surface area contributed by atoms with Gasteiger partial charge in [0, 0.05) is 5.56 Å². The van der Waals surface area contributed by atoms with Crippen LogP contribution in [0.2, 0.25) is 0 Å². The van der Waals surface area contributed by atoms with Crippen molar-refractivity contribution in [2.75, 3.05) is 6.16 Å². The third kappa shape index (κ3) is 3.51. The molecular weight excluding hydrogens is 291 g/mol. The van der Waals surface area contributed by atoms with Crippen LogP contribution in [0, 0.1) is 19.8 Å². The number of carbonyl (C=O) groups excluding carboxylic acids is 1. The summed E-state index contributed by atoms with van der Waals surface area (Å²) >= 11 is 0. The van der Waals surface area contributed by atoms with Gasteiger partial charge in [0.2, 0.25) is 5.30 Å². The zero-order valence-electron chi connectivity index (χ0n) is 13.6. The molecule has 0 aliphatic carbocycles. The van der Waals surface area contributed by atoms with E-state index in [1.165, 1.54) is 0 Å². The van der Waals surface area contributed by atoms with Gasteiger partial charge in [-0.3, -0.25) is 4.79 Å². The van der Waals surface area contributed by atoms with Crippen molar-refractivity contribution in [2.45, 2.75) is 27.7 Å². The molecule has 2 rings (SSSR count). The molecule has 3 heteroatoms. The molecule has 0 saturated heterocycles. The van der Waals surface area contributed by atoms with E-state index in [0.717, 1.165) is 16.7 Å². The van der Waals surface area contributed by atoms with Gasteiger partial charge in [-0.2, -0.15) is 0 Å². The van der Waals surface area contributed by atoms with Crippen molar-refractivity contribution in [3.63, 3.8) is 0 Å². The van der Waals surface area contributed by atoms with E-state index < -0.39 is 7.80 Å². The van der Waals surface area contributed by atoms with Crippen molar-refractivity contribution in [1.29, 1.82) is 0 Å². The molecule has 2 aromatic rings. The summed E-state index contributed by atoms with van der Waals surface area (Å²) in [6.07, 6.45) is 0.604. The number of ketones is 1. The van der Waals surface area contributed by atoms with Gasteiger partial charge in [0.25, 0.3) is 0 Å². The average molecular weight is 313 g/mol. The third-order valence-electron chi connectivity index (χ3n) is 3.66. The largest absolute Gasteiger partial charge is 0.377 e. The molecule has 0 heterocycles. The smallest absolute Gasteiger partial charge is 0.288 e. The number of benzene rings is 2. The van der Waals surface area contributed by atoms with Gasteiger partial charge < -0.3 is 0 Å². The zero-order valence-corrected chi connectivity index (χ0v) is 14.5. The van der Waals surface area contributed by atoms with Crippen molar-refractivity contribution in [1.82, 2.24) is 0 Å². The van der Waals surface area contributed by atoms with E-state index >= 15 is 0 Å². The quantitative estimate of drug-likeness (QED) is 0.595. The van der Waals surface area contributed by atoms with Crippen LogP contribution in [0.3, 0.4) is 0 Å². The molecule has 22 heavy (non-hydrogen) atoms. The highest BCUT2D eigenvalue weighted by Crippen LogP contribution is 2.27. The summed E-state index contributed by atoms with van der Waals surface area (Å²) in [5, 5.41) is 0.679. The van der Waals surface area contributed by atoms with E-state index in [1.807, 2.05) is 64.1 Å². The molecule has 1 atom stereocenters. The number of rotatable bonds is 5. The fraction of sp³-hybridized carbons (Fsp3) is 0.316. The lowest BCUT2D eigenvalue weighted by Gasteiger charge is -2.09. The summed E-state index contributed by atoms with van der Waals surface area (Å²) in [5.41, 5.74) is 3.21. The minimum absolute atomic E-state index is 0.0293. The van der Waals surface area contributed by atoms with Crippen LogP contribution in [0.5, 0.6) is 0 Å². The molecule has 0 aliphatic heterocycles. The lowest BCUT2D eigenvalue weighted by Crippen LogP contribution is -2.16. The molecule has 1 unspecified atom stereocenters. The molecule has 0 spiro atoms. The van der Waals surface area contributed by atoms with E-state index in [0.29, 0.717) is 22.9 Å². The summed E-state index contributed by atoms with van der Waals surface area (Å²) in [5.74, 6) is 0.310. The van der Waals surface area contributed by atoms with E-state index in [4.69, 9.17) is 0 Å². The Bertz CT molecular complexity index is 697. The van der Waals surface area contributed by atoms with Crippen LogP contribution in [-0.4, -0.2) is 11.9 Å². The van der Waals surface area contributed by atoms with Gasteiger partial charge in [0.1, 0.15) is 0 Å². The van der Waals surface area contributed by atoms with Crippen molar-refractivity contribution in [2.24, 2.45) is 5.92 Å². The number of hydrogen-bond donors (Lipinski definition) is 0. The van der Waals surface area contributed by atoms with Crippen molar-refractivity contribution in [3.8, 4) is 0 Å². The second-order valence-electron chi connectivity index (χ2n) is 6.07. The molecule has 0 aromatic heterocycles. The Balaban J connectivity index is 2.49. The van der Waals surface area contributed by atoms with Crippen LogP contribution in [-0.2, 0) is 4.57 Å². The summed E-state index contributed by atoms with van der Waals surface area (Å²) in [7, 11) is -1.55. The molecule has 0 radical (unpaired) electrons. The SMILES string of the molecule is Cc1cccc(C)c1C(=O)c1ccccc1[P+](=O)CC(C)C. The van der Waals surface area contributed by atoms with Crippen LogP contribution in [0.1, 0.15) is 40.9 Å². The maximum atomic E-state index is 13.0. The van der Waals surface area contributed by atoms with Crippen LogP contribution in [0.15, 0.2) is 42.5 Å². The highest BCUT2D eigenvalue weighted by atomic mass is 31.1. The molecule has 0 fully saturated rings. The first-order valence-electron chi connectivity index (χ1n) is 7.56. The van der Waals surface area contributed by atoms with E-state index in [2.05, 4.69) is 0 Å². The first kappa shape index (κ1) is 16.6. The van der Waals surface area contributed by atoms with Gasteiger partial charge in [0.05, 0.1) is 5.56 Å². The predicted molar refractivity (Wildman–Crippen MR) is 92.7 cm³/mol. The predicted octanol–water partition coefficient (Wildman–Crippen LogP) is 4.64. The first-order valence-corrected chi connectivity index (χ1v) is 9.01. The van der Waals surface area contributed by atoms with Gasteiger partial charge in [-0.25, -0.2) is 0 Å². The van der Waals surface area contributed by atoms with E-state index in [9.17, 15) is 9.36 Å². The second kappa shape index (κ2) is 6.98. The molecule has 114 valence electrons. The maximum Gasteiger partial charge on any atom is 0.377 e. The van der Waals surface area contributed by atoms with Gasteiger partial charge in [-0.05, 0) is 43.0 Å². The summed E-state index contributed by atoms with van der Waals surface area (Å²) in [6, 6.07) is 13.1. The summed E-state index contributed by atoms with van der Waals surface area (Å²) < 4.78 is 12.6. The minimum Gasteiger partial charge on any atom is -0.288 e. The lowest BCUT2D eigenvalue weighted by atomic mass is 9.95. The van der Waals surface area contributed by atoms with Gasteiger partial charge in [-0.15, -0.1) is 0 Å². The molecule has 0 amide bonds. The van der Waals surface area contributed by atoms with Crippen molar-refractivity contribution >= 4 is 18.9 Å². The van der Waals surface area contributed by atoms with E-state index in [-0.39, 0.29) is 5.78 Å². The van der Waals surface area contributed by atoms with Crippen LogP contribution < -0.4 is 5.30 Å². The average Bonchev–Trinajstić information content (AvgIpc) is 2.46. The Morgan fingerprint density at radius 2 is 1.59 bits per heavy atom. The zero-order chi connectivity index (χ0) is 16.3. The van der Waals surface area contributed by atoms with Gasteiger partial charge in [-0.1, -0.05) is 48.7 Å². The molecule has 0 bridgehead atoms. The monoisotopic (exact) mass is 313 g/mol. The van der Waals surface area contributed by atoms with Gasteiger partial charge in [0.15, 0.2) is 11.9 Å². The standard InChI is InChI=1S/C19H22O2P/c1-13(2)12-22(21)17-11-6-5-10-16(17)19(20)18-14(3)8-7-9-15(18)4/h5-11,13H,12H2,1-4H3/q+1. The number of carbonyl (C=O) groups is 1. The normalized spacial score (nSPS) is 11.6. The fourth-order valence-electron chi connectivity index (χ4n) is 2.62. The lowest BCUT2D eigenvalue weighted by molar-refractivity contribution is 0.103. The van der Waals surface area contributed by atoms with Gasteiger partial charge >= 0.3 is 7.80 Å². The maximum absolute atomic E-state index is 13.0. The number of aryl methyl sites for hydroxylation is 2. The Kier molecular flexibility index (Phi) is 5.26. The molecule has 0 aliphatic rings. The highest BCUT2D eigenvalue weighted by molar-refractivity contribution is 7.53. The molecule has 2 nitrogen and oxygen atoms in total. The van der Waals surface area contributed by atoms with Crippen LogP contribution >= 0.6 is 7.80 Å². The molecule has 2 aromatic carbocycles. The minimum atomic E-state index is -1.55. The number of hydrogen-bond acceptors (Lipinski definition) is 2. The first-order chi connectivity index (χ1) is 10.4. The second-order valence-corrected chi connectivity index (χ2v) is 7.67. The Morgan fingerprint density at radius 3 is 2.18 bits per heavy atom. The Hall–Kier alpha value is -1.79. The Labute approximate surface area is 133 Å². The van der Waals surface area contributed by atoms with Crippen LogP contribution in [0.4, 0.5) is 0 Å². The summed E-state index contributed by atoms with van der Waals surface area (Å²) in [6.45, 7) is 7.97. The van der Waals surface area contributed by atoms with Crippen molar-refractivity contribution < 1.29 is 9.36 Å². The fourth-order valence-corrected chi connectivity index (χ4v) is 4.18. The summed E-state index contributed by atoms with van der Waals surface area (Å²) in [4.78, 5) is 13.0. The van der Waals surface area contributed by atoms with E-state index in [1.54, 1.807) is 6.07 Å².